The van der Waals surface area contributed by atoms with E-state index < -0.39 is 16.0 Å². The van der Waals surface area contributed by atoms with Gasteiger partial charge in [0.1, 0.15) is 9.77 Å². The minimum atomic E-state index is -3.71. The summed E-state index contributed by atoms with van der Waals surface area (Å²) < 4.78 is 32.7. The first-order chi connectivity index (χ1) is 11.5. The van der Waals surface area contributed by atoms with E-state index in [4.69, 9.17) is 4.74 Å². The maximum absolute atomic E-state index is 13.2. The van der Waals surface area contributed by atoms with Crippen molar-refractivity contribution < 1.29 is 17.9 Å². The van der Waals surface area contributed by atoms with Crippen molar-refractivity contribution in [2.75, 3.05) is 40.8 Å². The highest BCUT2D eigenvalue weighted by Crippen LogP contribution is 2.63. The molecule has 140 valence electrons. The minimum absolute atomic E-state index is 0.00151. The van der Waals surface area contributed by atoms with Gasteiger partial charge in [-0.05, 0) is 43.3 Å². The smallest absolute Gasteiger partial charge is 0.349 e. The minimum Gasteiger partial charge on any atom is -0.465 e. The molecule has 0 amide bonds. The zero-order chi connectivity index (χ0) is 18.6. The Bertz CT molecular complexity index is 780. The highest BCUT2D eigenvalue weighted by atomic mass is 32.2. The van der Waals surface area contributed by atoms with Crippen LogP contribution >= 0.6 is 11.3 Å². The van der Waals surface area contributed by atoms with Gasteiger partial charge < -0.3 is 9.64 Å². The Morgan fingerprint density at radius 1 is 1.44 bits per heavy atom. The number of rotatable bonds is 5. The van der Waals surface area contributed by atoms with Crippen LogP contribution in [-0.2, 0) is 14.8 Å². The molecule has 2 heterocycles. The van der Waals surface area contributed by atoms with Crippen molar-refractivity contribution in [1.82, 2.24) is 9.21 Å². The highest BCUT2D eigenvalue weighted by Gasteiger charge is 2.64. The molecule has 25 heavy (non-hydrogen) atoms. The van der Waals surface area contributed by atoms with E-state index in [1.165, 1.54) is 13.2 Å². The van der Waals surface area contributed by atoms with Crippen LogP contribution in [0.4, 0.5) is 0 Å². The summed E-state index contributed by atoms with van der Waals surface area (Å²) in [6.07, 6.45) is 1.02. The molecular weight excluding hydrogens is 360 g/mol. The summed E-state index contributed by atoms with van der Waals surface area (Å²) >= 11 is 1.11. The van der Waals surface area contributed by atoms with Crippen LogP contribution < -0.4 is 0 Å². The van der Waals surface area contributed by atoms with Gasteiger partial charge in [0.2, 0.25) is 10.0 Å². The standard InChI is InChI=1S/C17H26N2O4S2/c1-16(2)9-17(10-18(3)4)11-19(8-13(16)17)25(21,22)12-6-7-24-14(12)15(20)23-5/h6-7,13H,8-11H2,1-5H3/t13-,17+/m1/s1. The number of fused-ring (bicyclic) bond motifs is 1. The second-order valence-corrected chi connectivity index (χ2v) is 11.0. The lowest BCUT2D eigenvalue weighted by molar-refractivity contribution is -0.0789. The first kappa shape index (κ1) is 18.8. The first-order valence-corrected chi connectivity index (χ1v) is 10.7. The van der Waals surface area contributed by atoms with E-state index in [9.17, 15) is 13.2 Å². The molecule has 1 saturated carbocycles. The molecule has 6 nitrogen and oxygen atoms in total. The number of methoxy groups -OCH3 is 1. The summed E-state index contributed by atoms with van der Waals surface area (Å²) in [6.45, 7) is 6.33. The lowest BCUT2D eigenvalue weighted by atomic mass is 9.48. The summed E-state index contributed by atoms with van der Waals surface area (Å²) in [6, 6.07) is 1.51. The summed E-state index contributed by atoms with van der Waals surface area (Å²) in [5.74, 6) is -0.267. The lowest BCUT2D eigenvalue weighted by Gasteiger charge is -2.57. The van der Waals surface area contributed by atoms with E-state index in [1.54, 1.807) is 9.69 Å². The molecular formula is C17H26N2O4S2. The van der Waals surface area contributed by atoms with Crippen LogP contribution in [0.3, 0.4) is 0 Å². The third-order valence-electron chi connectivity index (χ3n) is 5.62. The van der Waals surface area contributed by atoms with E-state index in [1.807, 2.05) is 14.1 Å². The van der Waals surface area contributed by atoms with E-state index in [0.29, 0.717) is 19.0 Å². The first-order valence-electron chi connectivity index (χ1n) is 8.34. The molecule has 2 atom stereocenters. The molecule has 0 unspecified atom stereocenters. The zero-order valence-electron chi connectivity index (χ0n) is 15.4. The molecule has 2 aliphatic rings. The van der Waals surface area contributed by atoms with E-state index >= 15 is 0 Å². The molecule has 0 radical (unpaired) electrons. The van der Waals surface area contributed by atoms with Crippen LogP contribution in [0, 0.1) is 16.7 Å². The van der Waals surface area contributed by atoms with Gasteiger partial charge in [-0.15, -0.1) is 11.3 Å². The predicted octanol–water partition coefficient (Wildman–Crippen LogP) is 2.13. The fraction of sp³-hybridized carbons (Fsp3) is 0.706. The molecule has 1 aliphatic heterocycles. The maximum Gasteiger partial charge on any atom is 0.349 e. The van der Waals surface area contributed by atoms with Crippen molar-refractivity contribution in [2.45, 2.75) is 25.2 Å². The number of hydrogen-bond acceptors (Lipinski definition) is 6. The van der Waals surface area contributed by atoms with Crippen LogP contribution in [0.1, 0.15) is 29.9 Å². The fourth-order valence-corrected chi connectivity index (χ4v) is 7.85. The lowest BCUT2D eigenvalue weighted by Crippen LogP contribution is -2.57. The fourth-order valence-electron chi connectivity index (χ4n) is 4.99. The van der Waals surface area contributed by atoms with Gasteiger partial charge in [-0.1, -0.05) is 13.8 Å². The second-order valence-electron chi connectivity index (χ2n) is 8.22. The Hall–Kier alpha value is -0.960. The van der Waals surface area contributed by atoms with Gasteiger partial charge in [-0.2, -0.15) is 4.31 Å². The van der Waals surface area contributed by atoms with Gasteiger partial charge in [0.05, 0.1) is 7.11 Å². The Balaban J connectivity index is 1.93. The third-order valence-corrected chi connectivity index (χ3v) is 8.49. The largest absolute Gasteiger partial charge is 0.465 e. The van der Waals surface area contributed by atoms with Crippen molar-refractivity contribution in [1.29, 1.82) is 0 Å². The summed E-state index contributed by atoms with van der Waals surface area (Å²) in [5, 5.41) is 1.63. The molecule has 2 fully saturated rings. The molecule has 1 aromatic heterocycles. The van der Waals surface area contributed by atoms with E-state index in [0.717, 1.165) is 24.3 Å². The second kappa shape index (κ2) is 6.04. The van der Waals surface area contributed by atoms with Crippen LogP contribution in [0.25, 0.3) is 0 Å². The van der Waals surface area contributed by atoms with Crippen molar-refractivity contribution >= 4 is 27.3 Å². The highest BCUT2D eigenvalue weighted by molar-refractivity contribution is 7.89. The van der Waals surface area contributed by atoms with Crippen LogP contribution in [0.15, 0.2) is 16.3 Å². The van der Waals surface area contributed by atoms with Gasteiger partial charge in [-0.25, -0.2) is 13.2 Å². The molecule has 8 heteroatoms. The number of sulfonamides is 1. The number of hydrogen-bond donors (Lipinski definition) is 0. The number of thiophene rings is 1. The Labute approximate surface area is 153 Å². The number of esters is 1. The monoisotopic (exact) mass is 386 g/mol. The maximum atomic E-state index is 13.2. The Morgan fingerprint density at radius 2 is 2.12 bits per heavy atom. The SMILES string of the molecule is COC(=O)c1sccc1S(=O)(=O)N1C[C@@H]2C(C)(C)C[C@]2(CN(C)C)C1. The molecule has 3 rings (SSSR count). The van der Waals surface area contributed by atoms with Gasteiger partial charge in [0.25, 0.3) is 0 Å². The summed E-state index contributed by atoms with van der Waals surface area (Å²) in [7, 11) is 1.62. The van der Waals surface area contributed by atoms with Crippen molar-refractivity contribution in [3.63, 3.8) is 0 Å². The number of carbonyl (C=O) groups excluding carboxylic acids is 1. The van der Waals surface area contributed by atoms with E-state index in [-0.39, 0.29) is 20.6 Å². The molecule has 1 saturated heterocycles. The summed E-state index contributed by atoms with van der Waals surface area (Å²) in [4.78, 5) is 14.3. The molecule has 1 aliphatic carbocycles. The van der Waals surface area contributed by atoms with Gasteiger partial charge >= 0.3 is 5.97 Å². The van der Waals surface area contributed by atoms with Crippen LogP contribution in [0.2, 0.25) is 0 Å². The van der Waals surface area contributed by atoms with Crippen LogP contribution in [0.5, 0.6) is 0 Å². The number of nitrogens with zero attached hydrogens (tertiary/aromatic N) is 2. The molecule has 0 N–H and O–H groups in total. The molecule has 0 spiro atoms. The van der Waals surface area contributed by atoms with E-state index in [2.05, 4.69) is 18.7 Å². The van der Waals surface area contributed by atoms with Crippen molar-refractivity contribution in [2.24, 2.45) is 16.7 Å². The third kappa shape index (κ3) is 2.93. The van der Waals surface area contributed by atoms with Gasteiger partial charge in [0, 0.05) is 25.0 Å². The zero-order valence-corrected chi connectivity index (χ0v) is 17.0. The summed E-state index contributed by atoms with van der Waals surface area (Å²) in [5.41, 5.74) is 0.141. The van der Waals surface area contributed by atoms with Gasteiger partial charge in [-0.3, -0.25) is 0 Å². The number of carbonyl (C=O) groups is 1. The van der Waals surface area contributed by atoms with Crippen molar-refractivity contribution in [3.05, 3.63) is 16.3 Å². The quantitative estimate of drug-likeness (QED) is 0.725. The molecule has 0 aromatic carbocycles. The average molecular weight is 387 g/mol. The topological polar surface area (TPSA) is 66.9 Å². The van der Waals surface area contributed by atoms with Gasteiger partial charge in [0.15, 0.2) is 0 Å². The normalized spacial score (nSPS) is 28.6. The Morgan fingerprint density at radius 3 is 2.68 bits per heavy atom. The van der Waals surface area contributed by atoms with Crippen molar-refractivity contribution in [3.8, 4) is 0 Å². The average Bonchev–Trinajstić information content (AvgIpc) is 3.09. The predicted molar refractivity (Wildman–Crippen MR) is 97.3 cm³/mol. The molecule has 0 bridgehead atoms. The molecule has 1 aromatic rings. The van der Waals surface area contributed by atoms with Crippen LogP contribution in [-0.4, -0.2) is 64.4 Å². The Kier molecular flexibility index (Phi) is 4.55. The number of ether oxygens (including phenoxy) is 1.